The molecule has 8 nitrogen and oxygen atoms in total. The summed E-state index contributed by atoms with van der Waals surface area (Å²) in [6, 6.07) is 7.04. The highest BCUT2D eigenvalue weighted by Gasteiger charge is 2.27. The number of hydrogen-bond acceptors (Lipinski definition) is 6. The summed E-state index contributed by atoms with van der Waals surface area (Å²) in [5.74, 6) is 0.728. The van der Waals surface area contributed by atoms with Crippen molar-refractivity contribution in [1.29, 1.82) is 0 Å². The van der Waals surface area contributed by atoms with Crippen molar-refractivity contribution in [1.82, 2.24) is 24.8 Å². The lowest BCUT2D eigenvalue weighted by molar-refractivity contribution is -0.119. The minimum Gasteiger partial charge on any atom is -0.354 e. The summed E-state index contributed by atoms with van der Waals surface area (Å²) < 4.78 is 16.4. The number of halogens is 1. The van der Waals surface area contributed by atoms with Crippen LogP contribution in [0, 0.1) is 5.82 Å². The molecule has 1 saturated carbocycles. The van der Waals surface area contributed by atoms with Crippen LogP contribution in [0.3, 0.4) is 0 Å². The Balaban J connectivity index is 1.70. The van der Waals surface area contributed by atoms with Crippen molar-refractivity contribution < 1.29 is 9.18 Å². The minimum atomic E-state index is -0.344. The minimum absolute atomic E-state index is 0.00409. The number of hydrogen-bond donors (Lipinski definition) is 3. The van der Waals surface area contributed by atoms with Crippen molar-refractivity contribution >= 4 is 34.7 Å². The van der Waals surface area contributed by atoms with Gasteiger partial charge in [-0.1, -0.05) is 12.1 Å². The summed E-state index contributed by atoms with van der Waals surface area (Å²) >= 11 is 0. The maximum atomic E-state index is 14.3. The van der Waals surface area contributed by atoms with Gasteiger partial charge in [0.2, 0.25) is 17.8 Å². The van der Waals surface area contributed by atoms with Gasteiger partial charge in [0.1, 0.15) is 11.3 Å². The van der Waals surface area contributed by atoms with Gasteiger partial charge in [-0.15, -0.1) is 0 Å². The van der Waals surface area contributed by atoms with E-state index in [1.807, 2.05) is 13.8 Å². The number of imidazole rings is 1. The molecular formula is C22H28FN7O. The summed E-state index contributed by atoms with van der Waals surface area (Å²) in [5.41, 5.74) is 1.72. The molecule has 0 radical (unpaired) electrons. The van der Waals surface area contributed by atoms with Crippen LogP contribution in [0.25, 0.3) is 11.2 Å². The van der Waals surface area contributed by atoms with E-state index in [1.54, 1.807) is 31.3 Å². The molecule has 0 saturated heterocycles. The van der Waals surface area contributed by atoms with Gasteiger partial charge in [0, 0.05) is 25.0 Å². The van der Waals surface area contributed by atoms with E-state index in [4.69, 9.17) is 4.98 Å². The topological polar surface area (TPSA) is 96.8 Å². The van der Waals surface area contributed by atoms with Gasteiger partial charge in [0.05, 0.1) is 11.9 Å². The van der Waals surface area contributed by atoms with Gasteiger partial charge in [-0.2, -0.15) is 4.98 Å². The van der Waals surface area contributed by atoms with Crippen LogP contribution in [0.5, 0.6) is 0 Å². The zero-order chi connectivity index (χ0) is 22.0. The van der Waals surface area contributed by atoms with Gasteiger partial charge in [0.15, 0.2) is 5.65 Å². The fourth-order valence-electron chi connectivity index (χ4n) is 4.10. The third-order valence-corrected chi connectivity index (χ3v) is 5.44. The molecule has 4 rings (SSSR count). The Morgan fingerprint density at radius 3 is 2.58 bits per heavy atom. The Morgan fingerprint density at radius 1 is 1.16 bits per heavy atom. The second-order valence-electron chi connectivity index (χ2n) is 8.32. The molecule has 0 aliphatic heterocycles. The van der Waals surface area contributed by atoms with E-state index in [9.17, 15) is 9.18 Å². The average molecular weight is 426 g/mol. The van der Waals surface area contributed by atoms with E-state index >= 15 is 0 Å². The van der Waals surface area contributed by atoms with Crippen LogP contribution in [0.15, 0.2) is 30.5 Å². The van der Waals surface area contributed by atoms with Crippen molar-refractivity contribution in [3.05, 3.63) is 36.3 Å². The van der Waals surface area contributed by atoms with E-state index in [-0.39, 0.29) is 29.8 Å². The Bertz CT molecular complexity index is 1070. The zero-order valence-electron chi connectivity index (χ0n) is 18.0. The number of aromatic nitrogens is 4. The van der Waals surface area contributed by atoms with Crippen molar-refractivity contribution in [3.8, 4) is 0 Å². The second kappa shape index (κ2) is 8.87. The fraction of sp³-hybridized carbons (Fsp3) is 0.455. The molecule has 1 aliphatic rings. The SMILES string of the molecule is CC(=O)NC1CCC(n2c(Nc3ccccc3F)nc3cnc(NC(C)C)nc32)CC1. The molecule has 31 heavy (non-hydrogen) atoms. The summed E-state index contributed by atoms with van der Waals surface area (Å²) in [4.78, 5) is 25.2. The molecule has 1 aromatic carbocycles. The van der Waals surface area contributed by atoms with E-state index in [0.29, 0.717) is 28.7 Å². The molecular weight excluding hydrogens is 397 g/mol. The molecule has 1 amide bonds. The summed E-state index contributed by atoms with van der Waals surface area (Å²) in [6.45, 7) is 5.60. The number of anilines is 3. The lowest BCUT2D eigenvalue weighted by atomic mass is 9.91. The van der Waals surface area contributed by atoms with Gasteiger partial charge in [-0.05, 0) is 51.7 Å². The third kappa shape index (κ3) is 4.76. The smallest absolute Gasteiger partial charge is 0.224 e. The lowest BCUT2D eigenvalue weighted by Gasteiger charge is -2.30. The maximum Gasteiger partial charge on any atom is 0.224 e. The monoisotopic (exact) mass is 425 g/mol. The van der Waals surface area contributed by atoms with Crippen molar-refractivity contribution in [2.24, 2.45) is 0 Å². The first-order chi connectivity index (χ1) is 14.9. The average Bonchev–Trinajstić information content (AvgIpc) is 3.07. The highest BCUT2D eigenvalue weighted by atomic mass is 19.1. The van der Waals surface area contributed by atoms with Gasteiger partial charge < -0.3 is 16.0 Å². The fourth-order valence-corrected chi connectivity index (χ4v) is 4.10. The Hall–Kier alpha value is -3.23. The summed E-state index contributed by atoms with van der Waals surface area (Å²) in [7, 11) is 0. The number of carbonyl (C=O) groups excluding carboxylic acids is 1. The number of amides is 1. The molecule has 0 bridgehead atoms. The molecule has 1 fully saturated rings. The molecule has 164 valence electrons. The highest BCUT2D eigenvalue weighted by molar-refractivity contribution is 5.77. The molecule has 1 aliphatic carbocycles. The largest absolute Gasteiger partial charge is 0.354 e. The molecule has 2 aromatic heterocycles. The van der Waals surface area contributed by atoms with E-state index in [1.165, 1.54) is 6.07 Å². The predicted octanol–water partition coefficient (Wildman–Crippen LogP) is 4.15. The first kappa shape index (κ1) is 21.0. The molecule has 0 unspecified atom stereocenters. The normalized spacial score (nSPS) is 18.9. The second-order valence-corrected chi connectivity index (χ2v) is 8.32. The number of carbonyl (C=O) groups is 1. The Kier molecular flexibility index (Phi) is 6.01. The van der Waals surface area contributed by atoms with Crippen LogP contribution >= 0.6 is 0 Å². The number of fused-ring (bicyclic) bond motifs is 1. The zero-order valence-corrected chi connectivity index (χ0v) is 18.0. The van der Waals surface area contributed by atoms with Crippen LogP contribution in [0.4, 0.5) is 22.0 Å². The number of para-hydroxylation sites is 1. The molecule has 9 heteroatoms. The highest BCUT2D eigenvalue weighted by Crippen LogP contribution is 2.35. The molecule has 3 aromatic rings. The molecule has 0 spiro atoms. The van der Waals surface area contributed by atoms with E-state index in [0.717, 1.165) is 25.7 Å². The summed E-state index contributed by atoms with van der Waals surface area (Å²) in [5, 5.41) is 9.40. The Labute approximate surface area is 180 Å². The van der Waals surface area contributed by atoms with Crippen molar-refractivity contribution in [2.75, 3.05) is 10.6 Å². The van der Waals surface area contributed by atoms with Crippen LogP contribution < -0.4 is 16.0 Å². The first-order valence-electron chi connectivity index (χ1n) is 10.7. The number of nitrogens with one attached hydrogen (secondary N) is 3. The van der Waals surface area contributed by atoms with Crippen LogP contribution in [0.2, 0.25) is 0 Å². The standard InChI is InChI=1S/C22H28FN7O/c1-13(2)25-21-24-12-19-20(29-21)30(16-10-8-15(9-11-16)26-14(3)31)22(28-19)27-18-7-5-4-6-17(18)23/h4-7,12-13,15-16H,8-11H2,1-3H3,(H,26,31)(H,27,28)(H,24,25,29). The van der Waals surface area contributed by atoms with Crippen LogP contribution in [-0.2, 0) is 4.79 Å². The number of benzene rings is 1. The van der Waals surface area contributed by atoms with E-state index in [2.05, 4.69) is 30.5 Å². The number of nitrogens with zero attached hydrogens (tertiary/aromatic N) is 4. The van der Waals surface area contributed by atoms with Crippen molar-refractivity contribution in [2.45, 2.75) is 64.6 Å². The van der Waals surface area contributed by atoms with Gasteiger partial charge in [-0.25, -0.2) is 14.4 Å². The quantitative estimate of drug-likeness (QED) is 0.549. The molecule has 0 atom stereocenters. The van der Waals surface area contributed by atoms with Crippen LogP contribution in [-0.4, -0.2) is 37.5 Å². The third-order valence-electron chi connectivity index (χ3n) is 5.44. The molecule has 2 heterocycles. The van der Waals surface area contributed by atoms with Gasteiger partial charge >= 0.3 is 0 Å². The predicted molar refractivity (Wildman–Crippen MR) is 119 cm³/mol. The Morgan fingerprint density at radius 2 is 1.90 bits per heavy atom. The first-order valence-corrected chi connectivity index (χ1v) is 10.7. The number of rotatable bonds is 6. The van der Waals surface area contributed by atoms with E-state index < -0.39 is 0 Å². The van der Waals surface area contributed by atoms with Crippen molar-refractivity contribution in [3.63, 3.8) is 0 Å². The summed E-state index contributed by atoms with van der Waals surface area (Å²) in [6.07, 6.45) is 5.15. The maximum absolute atomic E-state index is 14.3. The van der Waals surface area contributed by atoms with Gasteiger partial charge in [-0.3, -0.25) is 9.36 Å². The van der Waals surface area contributed by atoms with Gasteiger partial charge in [0.25, 0.3) is 0 Å². The lowest BCUT2D eigenvalue weighted by Crippen LogP contribution is -2.36. The van der Waals surface area contributed by atoms with Crippen LogP contribution in [0.1, 0.15) is 52.5 Å². The molecule has 3 N–H and O–H groups in total.